The molecule has 3 heterocycles. The fourth-order valence-electron chi connectivity index (χ4n) is 4.90. The number of carbonyl (C=O) groups is 1. The molecular formula is C22H24N6O4. The first-order valence-electron chi connectivity index (χ1n) is 10.4. The highest BCUT2D eigenvalue weighted by Crippen LogP contribution is 2.67. The van der Waals surface area contributed by atoms with Gasteiger partial charge in [0.05, 0.1) is 23.9 Å². The van der Waals surface area contributed by atoms with E-state index in [1.54, 1.807) is 17.9 Å². The minimum atomic E-state index is -1.16. The molecule has 0 saturated heterocycles. The molecule has 10 nitrogen and oxygen atoms in total. The highest BCUT2D eigenvalue weighted by Gasteiger charge is 2.75. The Hall–Kier alpha value is -3.42. The molecule has 10 heteroatoms. The topological polar surface area (TPSA) is 138 Å². The molecule has 2 unspecified atom stereocenters. The normalized spacial score (nSPS) is 28.2. The third-order valence-corrected chi connectivity index (χ3v) is 6.77. The number of carbonyl (C=O) groups excluding carboxylic acids is 1. The summed E-state index contributed by atoms with van der Waals surface area (Å²) in [7, 11) is 3.26. The maximum atomic E-state index is 12.4. The lowest BCUT2D eigenvalue weighted by atomic mass is 9.98. The number of aliphatic hydroxyl groups is 2. The smallest absolute Gasteiger partial charge is 0.229 e. The van der Waals surface area contributed by atoms with E-state index in [0.29, 0.717) is 29.2 Å². The van der Waals surface area contributed by atoms with E-state index < -0.39 is 23.7 Å². The van der Waals surface area contributed by atoms with Crippen molar-refractivity contribution < 1.29 is 19.4 Å². The summed E-state index contributed by atoms with van der Waals surface area (Å²) < 4.78 is 7.32. The zero-order valence-electron chi connectivity index (χ0n) is 18.2. The number of imidazole rings is 1. The van der Waals surface area contributed by atoms with Crippen molar-refractivity contribution in [2.45, 2.75) is 38.5 Å². The van der Waals surface area contributed by atoms with Gasteiger partial charge in [0, 0.05) is 20.0 Å². The monoisotopic (exact) mass is 436 g/mol. The summed E-state index contributed by atoms with van der Waals surface area (Å²) in [6.07, 6.45) is -0.233. The average molecular weight is 436 g/mol. The number of hydrogen-bond acceptors (Lipinski definition) is 8. The summed E-state index contributed by atoms with van der Waals surface area (Å²) in [6, 6.07) is 1.31. The molecule has 0 aromatic carbocycles. The van der Waals surface area contributed by atoms with Crippen LogP contribution in [0.2, 0.25) is 0 Å². The van der Waals surface area contributed by atoms with E-state index in [-0.39, 0.29) is 17.6 Å². The Kier molecular flexibility index (Phi) is 4.51. The quantitative estimate of drug-likeness (QED) is 0.436. The van der Waals surface area contributed by atoms with Crippen molar-refractivity contribution in [3.8, 4) is 11.8 Å². The van der Waals surface area contributed by atoms with Gasteiger partial charge in [0.15, 0.2) is 22.7 Å². The third-order valence-electron chi connectivity index (χ3n) is 6.77. The van der Waals surface area contributed by atoms with Crippen LogP contribution in [-0.2, 0) is 4.79 Å². The van der Waals surface area contributed by atoms with Crippen molar-refractivity contribution in [3.05, 3.63) is 35.3 Å². The van der Waals surface area contributed by atoms with Gasteiger partial charge in [-0.2, -0.15) is 0 Å². The van der Waals surface area contributed by atoms with Crippen LogP contribution in [0.15, 0.2) is 16.8 Å². The van der Waals surface area contributed by atoms with Crippen molar-refractivity contribution in [3.63, 3.8) is 0 Å². The second kappa shape index (κ2) is 7.05. The number of aliphatic hydroxyl groups excluding tert-OH is 2. The lowest BCUT2D eigenvalue weighted by molar-refractivity contribution is -0.132. The van der Waals surface area contributed by atoms with Gasteiger partial charge < -0.3 is 29.8 Å². The minimum Gasteiger partial charge on any atom is -0.453 e. The molecule has 1 amide bonds. The molecule has 0 radical (unpaired) electrons. The van der Waals surface area contributed by atoms with E-state index in [4.69, 9.17) is 4.42 Å². The molecule has 3 aromatic rings. The summed E-state index contributed by atoms with van der Waals surface area (Å²) in [5.74, 6) is 7.46. The highest BCUT2D eigenvalue weighted by molar-refractivity contribution is 5.88. The molecule has 5 atom stereocenters. The van der Waals surface area contributed by atoms with Gasteiger partial charge in [0.1, 0.15) is 11.9 Å². The van der Waals surface area contributed by atoms with E-state index in [9.17, 15) is 15.0 Å². The third kappa shape index (κ3) is 2.75. The van der Waals surface area contributed by atoms with Crippen LogP contribution in [0, 0.1) is 37.0 Å². The Morgan fingerprint density at radius 2 is 2.06 bits per heavy atom. The number of aryl methyl sites for hydroxylation is 2. The van der Waals surface area contributed by atoms with E-state index in [0.717, 1.165) is 11.3 Å². The summed E-state index contributed by atoms with van der Waals surface area (Å²) >= 11 is 0. The highest BCUT2D eigenvalue weighted by atomic mass is 16.3. The van der Waals surface area contributed by atoms with E-state index >= 15 is 0 Å². The van der Waals surface area contributed by atoms with Gasteiger partial charge in [0.25, 0.3) is 0 Å². The number of rotatable bonds is 3. The van der Waals surface area contributed by atoms with E-state index in [1.807, 2.05) is 19.9 Å². The number of furan rings is 1. The number of nitrogens with zero attached hydrogens (tertiary/aromatic N) is 4. The lowest BCUT2D eigenvalue weighted by Gasteiger charge is -2.23. The molecule has 32 heavy (non-hydrogen) atoms. The van der Waals surface area contributed by atoms with Crippen molar-refractivity contribution in [2.24, 2.45) is 11.3 Å². The number of aromatic nitrogens is 4. The van der Waals surface area contributed by atoms with Gasteiger partial charge in [-0.05, 0) is 43.7 Å². The molecule has 166 valence electrons. The number of fused-ring (bicyclic) bond motifs is 2. The van der Waals surface area contributed by atoms with E-state index in [1.165, 1.54) is 7.05 Å². The van der Waals surface area contributed by atoms with Crippen molar-refractivity contribution >= 4 is 22.9 Å². The van der Waals surface area contributed by atoms with Crippen LogP contribution < -0.4 is 10.6 Å². The number of anilines is 1. The Balaban J connectivity index is 1.57. The lowest BCUT2D eigenvalue weighted by Crippen LogP contribution is -2.41. The predicted octanol–water partition coefficient (Wildman–Crippen LogP) is 0.506. The maximum absolute atomic E-state index is 12.4. The first-order valence-corrected chi connectivity index (χ1v) is 10.4. The largest absolute Gasteiger partial charge is 0.453 e. The minimum absolute atomic E-state index is 0.221. The molecule has 5 rings (SSSR count). The first-order chi connectivity index (χ1) is 15.3. The van der Waals surface area contributed by atoms with E-state index in [2.05, 4.69) is 37.4 Å². The van der Waals surface area contributed by atoms with Gasteiger partial charge in [-0.1, -0.05) is 0 Å². The zero-order valence-corrected chi connectivity index (χ0v) is 18.2. The van der Waals surface area contributed by atoms with Gasteiger partial charge >= 0.3 is 0 Å². The Labute approximate surface area is 184 Å². The average Bonchev–Trinajstić information content (AvgIpc) is 3.15. The number of hydrogen-bond donors (Lipinski definition) is 4. The van der Waals surface area contributed by atoms with Gasteiger partial charge in [-0.15, -0.1) is 0 Å². The Morgan fingerprint density at radius 3 is 2.72 bits per heavy atom. The van der Waals surface area contributed by atoms with Crippen LogP contribution in [0.5, 0.6) is 0 Å². The standard InChI is InChI=1S/C22H24N6O4/c1-10-7-12(32-11(10)2)5-6-14-26-19(23-3)15-20(27-14)28(9-25-15)16-13-8-22(13,21(31)24-4)18(30)17(16)29/h7,9,13,16-18,29-30H,8H2,1-4H3,(H,24,31)(H,23,26,27)/t13?,16-,17+,18?,22-/m1/s1. The molecular weight excluding hydrogens is 412 g/mol. The molecule has 3 aromatic heterocycles. The number of amides is 1. The van der Waals surface area contributed by atoms with Crippen molar-refractivity contribution in [1.82, 2.24) is 24.8 Å². The molecule has 2 aliphatic rings. The first kappa shape index (κ1) is 20.5. The fourth-order valence-corrected chi connectivity index (χ4v) is 4.90. The zero-order chi connectivity index (χ0) is 22.8. The van der Waals surface area contributed by atoms with Crippen molar-refractivity contribution in [1.29, 1.82) is 0 Å². The van der Waals surface area contributed by atoms with Gasteiger partial charge in [0.2, 0.25) is 11.7 Å². The summed E-state index contributed by atoms with van der Waals surface area (Å²) in [5, 5.41) is 27.1. The SMILES string of the molecule is CNC(=O)[C@]12CC1[C@@H](n1cnc3c(NC)nc(C#Cc4cc(C)c(C)o4)nc31)[C@H](O)C2O. The summed E-state index contributed by atoms with van der Waals surface area (Å²) in [4.78, 5) is 25.9. The molecule has 0 aliphatic heterocycles. The predicted molar refractivity (Wildman–Crippen MR) is 115 cm³/mol. The molecule has 4 N–H and O–H groups in total. The molecule has 2 aliphatic carbocycles. The second-order valence-electron chi connectivity index (χ2n) is 8.43. The fraction of sp³-hybridized carbons (Fsp3) is 0.455. The van der Waals surface area contributed by atoms with Crippen LogP contribution in [0.3, 0.4) is 0 Å². The van der Waals surface area contributed by atoms with Crippen LogP contribution in [-0.4, -0.2) is 61.9 Å². The summed E-state index contributed by atoms with van der Waals surface area (Å²) in [6.45, 7) is 3.82. The molecule has 2 saturated carbocycles. The molecule has 0 bridgehead atoms. The number of nitrogens with one attached hydrogen (secondary N) is 2. The van der Waals surface area contributed by atoms with Crippen LogP contribution in [0.25, 0.3) is 11.2 Å². The Bertz CT molecular complexity index is 1280. The maximum Gasteiger partial charge on any atom is 0.229 e. The van der Waals surface area contributed by atoms with Gasteiger partial charge in [-0.3, -0.25) is 4.79 Å². The Morgan fingerprint density at radius 1 is 1.28 bits per heavy atom. The van der Waals surface area contributed by atoms with Crippen LogP contribution >= 0.6 is 0 Å². The molecule has 2 fully saturated rings. The molecule has 0 spiro atoms. The van der Waals surface area contributed by atoms with Crippen LogP contribution in [0.1, 0.15) is 35.4 Å². The van der Waals surface area contributed by atoms with Crippen molar-refractivity contribution in [2.75, 3.05) is 19.4 Å². The van der Waals surface area contributed by atoms with Crippen LogP contribution in [0.4, 0.5) is 5.82 Å². The second-order valence-corrected chi connectivity index (χ2v) is 8.43. The van der Waals surface area contributed by atoms with Gasteiger partial charge in [-0.25, -0.2) is 15.0 Å². The summed E-state index contributed by atoms with van der Waals surface area (Å²) in [5.41, 5.74) is 1.02.